The maximum absolute atomic E-state index is 13.2. The third kappa shape index (κ3) is 4.07. The van der Waals surface area contributed by atoms with Crippen molar-refractivity contribution in [2.45, 2.75) is 25.9 Å². The summed E-state index contributed by atoms with van der Waals surface area (Å²) in [5, 5.41) is 9.63. The Labute approximate surface area is 118 Å². The minimum atomic E-state index is -0.667. The lowest BCUT2D eigenvalue weighted by Gasteiger charge is -2.13. The van der Waals surface area contributed by atoms with Gasteiger partial charge in [0, 0.05) is 11.6 Å². The van der Waals surface area contributed by atoms with Crippen LogP contribution >= 0.6 is 0 Å². The van der Waals surface area contributed by atoms with E-state index in [1.54, 1.807) is 13.0 Å². The van der Waals surface area contributed by atoms with Crippen molar-refractivity contribution in [2.75, 3.05) is 6.61 Å². The molecule has 20 heavy (non-hydrogen) atoms. The fraction of sp³-hybridized carbons (Fsp3) is 0.294. The SMILES string of the molecule is CC(O)c1ccc(F)cc1OCCCc1ccccc1. The van der Waals surface area contributed by atoms with Crippen molar-refractivity contribution in [1.82, 2.24) is 0 Å². The summed E-state index contributed by atoms with van der Waals surface area (Å²) in [5.41, 5.74) is 1.87. The molecular weight excluding hydrogens is 255 g/mol. The molecular formula is C17H19FO2. The van der Waals surface area contributed by atoms with E-state index in [1.165, 1.54) is 17.7 Å². The Kier molecular flexibility index (Phi) is 5.13. The standard InChI is InChI=1S/C17H19FO2/c1-13(19)16-10-9-15(18)12-17(16)20-11-5-8-14-6-3-2-4-7-14/h2-4,6-7,9-10,12-13,19H,5,8,11H2,1H3. The predicted molar refractivity (Wildman–Crippen MR) is 77.3 cm³/mol. The van der Waals surface area contributed by atoms with Crippen LogP contribution in [0.4, 0.5) is 4.39 Å². The highest BCUT2D eigenvalue weighted by molar-refractivity contribution is 5.35. The third-order valence-corrected chi connectivity index (χ3v) is 3.14. The van der Waals surface area contributed by atoms with Gasteiger partial charge in [0.05, 0.1) is 12.7 Å². The fourth-order valence-electron chi connectivity index (χ4n) is 2.08. The second kappa shape index (κ2) is 7.06. The highest BCUT2D eigenvalue weighted by Gasteiger charge is 2.10. The molecule has 0 aliphatic heterocycles. The summed E-state index contributed by atoms with van der Waals surface area (Å²) >= 11 is 0. The Morgan fingerprint density at radius 3 is 2.60 bits per heavy atom. The fourth-order valence-corrected chi connectivity index (χ4v) is 2.08. The Balaban J connectivity index is 1.89. The van der Waals surface area contributed by atoms with E-state index >= 15 is 0 Å². The van der Waals surface area contributed by atoms with Crippen molar-refractivity contribution in [3.05, 3.63) is 65.5 Å². The van der Waals surface area contributed by atoms with Crippen molar-refractivity contribution in [2.24, 2.45) is 0 Å². The number of halogens is 1. The first kappa shape index (κ1) is 14.5. The van der Waals surface area contributed by atoms with E-state index in [2.05, 4.69) is 12.1 Å². The quantitative estimate of drug-likeness (QED) is 0.810. The van der Waals surface area contributed by atoms with Gasteiger partial charge in [0.15, 0.2) is 0 Å². The monoisotopic (exact) mass is 274 g/mol. The first-order valence-electron chi connectivity index (χ1n) is 6.81. The number of aliphatic hydroxyl groups is 1. The molecule has 0 aliphatic carbocycles. The molecule has 0 saturated heterocycles. The topological polar surface area (TPSA) is 29.5 Å². The van der Waals surface area contributed by atoms with E-state index in [4.69, 9.17) is 4.74 Å². The Hall–Kier alpha value is -1.87. The number of hydrogen-bond donors (Lipinski definition) is 1. The van der Waals surface area contributed by atoms with Crippen LogP contribution in [0.15, 0.2) is 48.5 Å². The molecule has 1 N–H and O–H groups in total. The van der Waals surface area contributed by atoms with Gasteiger partial charge < -0.3 is 9.84 Å². The largest absolute Gasteiger partial charge is 0.493 e. The molecule has 0 bridgehead atoms. The van der Waals surface area contributed by atoms with Gasteiger partial charge in [-0.2, -0.15) is 0 Å². The molecule has 1 atom stereocenters. The number of ether oxygens (including phenoxy) is 1. The van der Waals surface area contributed by atoms with Crippen molar-refractivity contribution in [3.8, 4) is 5.75 Å². The van der Waals surface area contributed by atoms with Gasteiger partial charge >= 0.3 is 0 Å². The molecule has 0 fully saturated rings. The zero-order chi connectivity index (χ0) is 14.4. The number of aliphatic hydroxyl groups excluding tert-OH is 1. The van der Waals surface area contributed by atoms with Crippen LogP contribution in [-0.4, -0.2) is 11.7 Å². The lowest BCUT2D eigenvalue weighted by atomic mass is 10.1. The number of hydrogen-bond acceptors (Lipinski definition) is 2. The molecule has 3 heteroatoms. The molecule has 0 amide bonds. The summed E-state index contributed by atoms with van der Waals surface area (Å²) in [6.45, 7) is 2.14. The van der Waals surface area contributed by atoms with Crippen LogP contribution in [0.1, 0.15) is 30.6 Å². The molecule has 0 heterocycles. The van der Waals surface area contributed by atoms with Gasteiger partial charge in [-0.3, -0.25) is 0 Å². The molecule has 0 saturated carbocycles. The predicted octanol–water partition coefficient (Wildman–Crippen LogP) is 3.89. The lowest BCUT2D eigenvalue weighted by molar-refractivity contribution is 0.190. The van der Waals surface area contributed by atoms with Crippen LogP contribution in [-0.2, 0) is 6.42 Å². The van der Waals surface area contributed by atoms with Crippen LogP contribution < -0.4 is 4.74 Å². The first-order chi connectivity index (χ1) is 9.66. The second-order valence-corrected chi connectivity index (χ2v) is 4.80. The summed E-state index contributed by atoms with van der Waals surface area (Å²) in [6, 6.07) is 14.4. The summed E-state index contributed by atoms with van der Waals surface area (Å²) < 4.78 is 18.8. The van der Waals surface area contributed by atoms with Gasteiger partial charge in [-0.15, -0.1) is 0 Å². The van der Waals surface area contributed by atoms with E-state index in [0.29, 0.717) is 17.9 Å². The summed E-state index contributed by atoms with van der Waals surface area (Å²) in [5.74, 6) is 0.0699. The highest BCUT2D eigenvalue weighted by Crippen LogP contribution is 2.26. The van der Waals surface area contributed by atoms with Crippen LogP contribution in [0.3, 0.4) is 0 Å². The van der Waals surface area contributed by atoms with Crippen molar-refractivity contribution in [3.63, 3.8) is 0 Å². The second-order valence-electron chi connectivity index (χ2n) is 4.80. The van der Waals surface area contributed by atoms with Gasteiger partial charge in [0.2, 0.25) is 0 Å². The molecule has 0 radical (unpaired) electrons. The molecule has 2 aromatic carbocycles. The van der Waals surface area contributed by atoms with Gasteiger partial charge in [-0.05, 0) is 37.5 Å². The summed E-state index contributed by atoms with van der Waals surface area (Å²) in [7, 11) is 0. The molecule has 2 aromatic rings. The minimum Gasteiger partial charge on any atom is -0.493 e. The average Bonchev–Trinajstić information content (AvgIpc) is 2.44. The smallest absolute Gasteiger partial charge is 0.127 e. The van der Waals surface area contributed by atoms with Crippen LogP contribution in [0.5, 0.6) is 5.75 Å². The van der Waals surface area contributed by atoms with Gasteiger partial charge in [0.1, 0.15) is 11.6 Å². The molecule has 0 aromatic heterocycles. The van der Waals surface area contributed by atoms with Crippen molar-refractivity contribution < 1.29 is 14.2 Å². The Morgan fingerprint density at radius 2 is 1.90 bits per heavy atom. The molecule has 0 spiro atoms. The minimum absolute atomic E-state index is 0.354. The van der Waals surface area contributed by atoms with E-state index in [1.807, 2.05) is 18.2 Å². The van der Waals surface area contributed by atoms with E-state index in [9.17, 15) is 9.50 Å². The van der Waals surface area contributed by atoms with Crippen molar-refractivity contribution in [1.29, 1.82) is 0 Å². The van der Waals surface area contributed by atoms with Gasteiger partial charge in [-0.1, -0.05) is 30.3 Å². The molecule has 106 valence electrons. The zero-order valence-corrected chi connectivity index (χ0v) is 11.6. The summed E-state index contributed by atoms with van der Waals surface area (Å²) in [6.07, 6.45) is 1.10. The molecule has 1 unspecified atom stereocenters. The van der Waals surface area contributed by atoms with E-state index < -0.39 is 6.10 Å². The van der Waals surface area contributed by atoms with Gasteiger partial charge in [-0.25, -0.2) is 4.39 Å². The zero-order valence-electron chi connectivity index (χ0n) is 11.6. The molecule has 2 nitrogen and oxygen atoms in total. The average molecular weight is 274 g/mol. The normalized spacial score (nSPS) is 12.2. The number of aryl methyl sites for hydroxylation is 1. The highest BCUT2D eigenvalue weighted by atomic mass is 19.1. The first-order valence-corrected chi connectivity index (χ1v) is 6.81. The van der Waals surface area contributed by atoms with E-state index in [-0.39, 0.29) is 5.82 Å². The van der Waals surface area contributed by atoms with Gasteiger partial charge in [0.25, 0.3) is 0 Å². The lowest BCUT2D eigenvalue weighted by Crippen LogP contribution is -2.04. The van der Waals surface area contributed by atoms with Crippen LogP contribution in [0.25, 0.3) is 0 Å². The number of rotatable bonds is 6. The maximum Gasteiger partial charge on any atom is 0.127 e. The van der Waals surface area contributed by atoms with Crippen LogP contribution in [0.2, 0.25) is 0 Å². The van der Waals surface area contributed by atoms with Crippen molar-refractivity contribution >= 4 is 0 Å². The van der Waals surface area contributed by atoms with E-state index in [0.717, 1.165) is 12.8 Å². The Morgan fingerprint density at radius 1 is 1.15 bits per heavy atom. The number of benzene rings is 2. The maximum atomic E-state index is 13.2. The Bertz CT molecular complexity index is 538. The molecule has 0 aliphatic rings. The third-order valence-electron chi connectivity index (χ3n) is 3.14. The molecule has 2 rings (SSSR count). The summed E-state index contributed by atoms with van der Waals surface area (Å²) in [4.78, 5) is 0. The van der Waals surface area contributed by atoms with Crippen LogP contribution in [0, 0.1) is 5.82 Å².